The third-order valence-electron chi connectivity index (χ3n) is 4.34. The quantitative estimate of drug-likeness (QED) is 0.866. The van der Waals surface area contributed by atoms with Crippen molar-refractivity contribution in [1.29, 1.82) is 0 Å². The molecule has 1 heterocycles. The van der Waals surface area contributed by atoms with Crippen LogP contribution < -0.4 is 14.8 Å². The summed E-state index contributed by atoms with van der Waals surface area (Å²) in [5, 5.41) is 7.05. The lowest BCUT2D eigenvalue weighted by atomic mass is 10.0. The molecular formula is C20H22N2O4. The zero-order chi connectivity index (χ0) is 18.5. The van der Waals surface area contributed by atoms with Crippen LogP contribution in [0, 0.1) is 0 Å². The lowest BCUT2D eigenvalue weighted by Crippen LogP contribution is -2.36. The third kappa shape index (κ3) is 3.79. The normalized spacial score (nSPS) is 17.0. The summed E-state index contributed by atoms with van der Waals surface area (Å²) in [5.74, 6) is 1.07. The van der Waals surface area contributed by atoms with Crippen molar-refractivity contribution in [3.63, 3.8) is 0 Å². The molecule has 2 aromatic rings. The first-order valence-electron chi connectivity index (χ1n) is 8.42. The summed E-state index contributed by atoms with van der Waals surface area (Å²) in [7, 11) is 3.16. The number of hydrogen-bond donors (Lipinski definition) is 1. The average molecular weight is 354 g/mol. The number of amides is 1. The van der Waals surface area contributed by atoms with E-state index in [0.29, 0.717) is 23.6 Å². The fourth-order valence-corrected chi connectivity index (χ4v) is 2.84. The number of nitrogens with one attached hydrogen (secondary N) is 1. The summed E-state index contributed by atoms with van der Waals surface area (Å²) in [6, 6.07) is 15.2. The molecule has 26 heavy (non-hydrogen) atoms. The molecule has 136 valence electrons. The van der Waals surface area contributed by atoms with Crippen LogP contribution in [0.15, 0.2) is 53.7 Å². The molecule has 0 bridgehead atoms. The minimum absolute atomic E-state index is 0.0996. The van der Waals surface area contributed by atoms with E-state index >= 15 is 0 Å². The molecule has 1 aliphatic rings. The number of ether oxygens (including phenoxy) is 2. The van der Waals surface area contributed by atoms with Crippen LogP contribution in [0.25, 0.3) is 0 Å². The Morgan fingerprint density at radius 3 is 2.58 bits per heavy atom. The third-order valence-corrected chi connectivity index (χ3v) is 4.34. The Balaban J connectivity index is 1.63. The molecule has 2 atom stereocenters. The fourth-order valence-electron chi connectivity index (χ4n) is 2.84. The van der Waals surface area contributed by atoms with Crippen LogP contribution in [-0.2, 0) is 9.63 Å². The Morgan fingerprint density at radius 1 is 1.15 bits per heavy atom. The van der Waals surface area contributed by atoms with E-state index < -0.39 is 6.10 Å². The average Bonchev–Trinajstić information content (AvgIpc) is 3.18. The lowest BCUT2D eigenvalue weighted by molar-refractivity contribution is -0.131. The van der Waals surface area contributed by atoms with Gasteiger partial charge < -0.3 is 19.6 Å². The zero-order valence-electron chi connectivity index (χ0n) is 15.1. The maximum absolute atomic E-state index is 12.5. The standard InChI is InChI=1S/C20H22N2O4/c1-13(14-7-5-4-6-8-14)21-20(23)19-12-16(22-26-19)15-9-10-17(24-2)18(11-15)25-3/h4-11,13,19H,12H2,1-3H3,(H,21,23). The molecule has 6 heteroatoms. The molecular weight excluding hydrogens is 332 g/mol. The van der Waals surface area contributed by atoms with Crippen molar-refractivity contribution >= 4 is 11.6 Å². The second-order valence-electron chi connectivity index (χ2n) is 6.05. The minimum atomic E-state index is -0.635. The Morgan fingerprint density at radius 2 is 1.88 bits per heavy atom. The molecule has 0 radical (unpaired) electrons. The molecule has 2 unspecified atom stereocenters. The number of hydrogen-bond acceptors (Lipinski definition) is 5. The number of oxime groups is 1. The summed E-state index contributed by atoms with van der Waals surface area (Å²) in [4.78, 5) is 17.8. The van der Waals surface area contributed by atoms with Crippen LogP contribution in [-0.4, -0.2) is 31.9 Å². The molecule has 6 nitrogen and oxygen atoms in total. The highest BCUT2D eigenvalue weighted by Gasteiger charge is 2.30. The predicted molar refractivity (Wildman–Crippen MR) is 98.6 cm³/mol. The van der Waals surface area contributed by atoms with Gasteiger partial charge in [0.05, 0.1) is 26.0 Å². The van der Waals surface area contributed by atoms with Crippen LogP contribution in [0.1, 0.15) is 30.5 Å². The first-order chi connectivity index (χ1) is 12.6. The van der Waals surface area contributed by atoms with E-state index in [2.05, 4.69) is 10.5 Å². The minimum Gasteiger partial charge on any atom is -0.493 e. The lowest BCUT2D eigenvalue weighted by Gasteiger charge is -2.16. The summed E-state index contributed by atoms with van der Waals surface area (Å²) in [6.45, 7) is 1.94. The van der Waals surface area contributed by atoms with E-state index in [4.69, 9.17) is 14.3 Å². The molecule has 1 amide bonds. The van der Waals surface area contributed by atoms with Crippen LogP contribution in [0.4, 0.5) is 0 Å². The summed E-state index contributed by atoms with van der Waals surface area (Å²) >= 11 is 0. The molecule has 0 saturated heterocycles. The van der Waals surface area contributed by atoms with E-state index in [1.54, 1.807) is 14.2 Å². The largest absolute Gasteiger partial charge is 0.493 e. The van der Waals surface area contributed by atoms with Crippen LogP contribution in [0.5, 0.6) is 11.5 Å². The predicted octanol–water partition coefficient (Wildman–Crippen LogP) is 3.07. The Kier molecular flexibility index (Phi) is 5.41. The van der Waals surface area contributed by atoms with E-state index in [1.807, 2.05) is 55.5 Å². The van der Waals surface area contributed by atoms with Crippen molar-refractivity contribution in [2.75, 3.05) is 14.2 Å². The number of nitrogens with zero attached hydrogens (tertiary/aromatic N) is 1. The molecule has 2 aromatic carbocycles. The van der Waals surface area contributed by atoms with Gasteiger partial charge in [0.15, 0.2) is 11.5 Å². The van der Waals surface area contributed by atoms with Gasteiger partial charge in [-0.05, 0) is 30.7 Å². The number of carbonyl (C=O) groups is 1. The monoisotopic (exact) mass is 354 g/mol. The topological polar surface area (TPSA) is 69.2 Å². The highest BCUT2D eigenvalue weighted by Crippen LogP contribution is 2.29. The van der Waals surface area contributed by atoms with Crippen molar-refractivity contribution in [3.8, 4) is 11.5 Å². The van der Waals surface area contributed by atoms with Gasteiger partial charge in [-0.25, -0.2) is 0 Å². The van der Waals surface area contributed by atoms with Crippen molar-refractivity contribution in [2.45, 2.75) is 25.5 Å². The second-order valence-corrected chi connectivity index (χ2v) is 6.05. The maximum Gasteiger partial charge on any atom is 0.264 e. The van der Waals surface area contributed by atoms with Gasteiger partial charge in [-0.2, -0.15) is 0 Å². The van der Waals surface area contributed by atoms with Crippen molar-refractivity contribution in [1.82, 2.24) is 5.32 Å². The van der Waals surface area contributed by atoms with Crippen molar-refractivity contribution in [2.24, 2.45) is 5.16 Å². The molecule has 0 saturated carbocycles. The maximum atomic E-state index is 12.5. The van der Waals surface area contributed by atoms with Crippen molar-refractivity contribution < 1.29 is 19.1 Å². The van der Waals surface area contributed by atoms with Gasteiger partial charge in [-0.3, -0.25) is 4.79 Å². The number of benzene rings is 2. The van der Waals surface area contributed by atoms with Gasteiger partial charge >= 0.3 is 0 Å². The van der Waals surface area contributed by atoms with Gasteiger partial charge in [0, 0.05) is 12.0 Å². The molecule has 0 fully saturated rings. The molecule has 1 aliphatic heterocycles. The Bertz CT molecular complexity index is 805. The highest BCUT2D eigenvalue weighted by molar-refractivity contribution is 6.04. The van der Waals surface area contributed by atoms with Gasteiger partial charge in [0.2, 0.25) is 6.10 Å². The smallest absolute Gasteiger partial charge is 0.264 e. The number of rotatable bonds is 6. The van der Waals surface area contributed by atoms with Gasteiger partial charge in [0.25, 0.3) is 5.91 Å². The first kappa shape index (κ1) is 17.8. The summed E-state index contributed by atoms with van der Waals surface area (Å²) in [5.41, 5.74) is 2.59. The molecule has 0 aromatic heterocycles. The van der Waals surface area contributed by atoms with E-state index in [0.717, 1.165) is 11.1 Å². The van der Waals surface area contributed by atoms with E-state index in [1.165, 1.54) is 0 Å². The Hall–Kier alpha value is -3.02. The number of methoxy groups -OCH3 is 2. The molecule has 0 spiro atoms. The molecule has 1 N–H and O–H groups in total. The van der Waals surface area contributed by atoms with Gasteiger partial charge in [0.1, 0.15) is 0 Å². The summed E-state index contributed by atoms with van der Waals surface area (Å²) < 4.78 is 10.6. The molecule has 0 aliphatic carbocycles. The van der Waals surface area contributed by atoms with Gasteiger partial charge in [-0.1, -0.05) is 35.5 Å². The zero-order valence-corrected chi connectivity index (χ0v) is 15.1. The van der Waals surface area contributed by atoms with Crippen LogP contribution in [0.3, 0.4) is 0 Å². The van der Waals surface area contributed by atoms with Crippen LogP contribution in [0.2, 0.25) is 0 Å². The van der Waals surface area contributed by atoms with Crippen molar-refractivity contribution in [3.05, 3.63) is 59.7 Å². The second kappa shape index (κ2) is 7.91. The Labute approximate surface area is 152 Å². The van der Waals surface area contributed by atoms with E-state index in [-0.39, 0.29) is 11.9 Å². The highest BCUT2D eigenvalue weighted by atomic mass is 16.6. The summed E-state index contributed by atoms with van der Waals surface area (Å²) in [6.07, 6.45) is -0.229. The first-order valence-corrected chi connectivity index (χ1v) is 8.42. The SMILES string of the molecule is COc1ccc(C2=NOC(C(=O)NC(C)c3ccccc3)C2)cc1OC. The van der Waals surface area contributed by atoms with Crippen LogP contribution >= 0.6 is 0 Å². The fraction of sp³-hybridized carbons (Fsp3) is 0.300. The van der Waals surface area contributed by atoms with Gasteiger partial charge in [-0.15, -0.1) is 0 Å². The van der Waals surface area contributed by atoms with E-state index in [9.17, 15) is 4.79 Å². The molecule has 3 rings (SSSR count). The number of carbonyl (C=O) groups excluding carboxylic acids is 1.